The molecule has 268 valence electrons. The molecular weight excluding hydrogens is 655 g/mol. The Morgan fingerprint density at radius 3 is 2.16 bits per heavy atom. The number of benzene rings is 2. The van der Waals surface area contributed by atoms with Gasteiger partial charge in [0.15, 0.2) is 20.3 Å². The van der Waals surface area contributed by atoms with Gasteiger partial charge in [0.1, 0.15) is 29.7 Å². The largest absolute Gasteiger partial charge is 0.407 e. The maximum Gasteiger partial charge on any atom is 0.351 e. The molecule has 50 heavy (non-hydrogen) atoms. The summed E-state index contributed by atoms with van der Waals surface area (Å²) in [5.41, 5.74) is 0.433. The zero-order chi connectivity index (χ0) is 37.2. The topological polar surface area (TPSA) is 130 Å². The van der Waals surface area contributed by atoms with Crippen LogP contribution in [0.1, 0.15) is 52.8 Å². The number of aromatic nitrogens is 2. The Bertz CT molecular complexity index is 1760. The molecule has 2 aromatic carbocycles. The van der Waals surface area contributed by atoms with Crippen LogP contribution in [-0.2, 0) is 33.8 Å². The summed E-state index contributed by atoms with van der Waals surface area (Å²) in [5, 5.41) is 14.3. The fourth-order valence-corrected chi connectivity index (χ4v) is 7.22. The molecule has 0 bridgehead atoms. The number of nitrogens with one attached hydrogen (secondary N) is 1. The molecule has 1 aromatic heterocycles. The van der Waals surface area contributed by atoms with Gasteiger partial charge in [-0.15, -0.1) is 0 Å². The predicted octanol–water partition coefficient (Wildman–Crippen LogP) is 5.69. The van der Waals surface area contributed by atoms with Crippen molar-refractivity contribution in [2.45, 2.75) is 88.2 Å². The number of nitrogens with zero attached hydrogens (tertiary/aromatic N) is 2. The minimum atomic E-state index is -2.66. The van der Waals surface area contributed by atoms with E-state index in [-0.39, 0.29) is 23.4 Å². The number of carbonyl (C=O) groups excluding carboxylic acids is 1. The number of hydrogen-bond donors (Lipinski definition) is 2. The number of aliphatic hydroxyl groups is 1. The number of carbonyl (C=O) groups is 1. The van der Waals surface area contributed by atoms with Crippen molar-refractivity contribution in [2.75, 3.05) is 26.1 Å². The lowest BCUT2D eigenvalue weighted by atomic mass is 9.77. The summed E-state index contributed by atoms with van der Waals surface area (Å²) in [6, 6.07) is 20.9. The first-order valence-corrected chi connectivity index (χ1v) is 19.6. The Labute approximate surface area is 296 Å². The first kappa shape index (κ1) is 36.1. The minimum Gasteiger partial charge on any atom is -0.407 e. The number of hydrogen-bond acceptors (Lipinski definition) is 9. The fourth-order valence-electron chi connectivity index (χ4n) is 5.99. The molecule has 0 radical (unpaired) electrons. The second-order valence-electron chi connectivity index (χ2n) is 14.1. The molecule has 0 saturated carbocycles. The highest BCUT2D eigenvalue weighted by atomic mass is 28.4. The summed E-state index contributed by atoms with van der Waals surface area (Å²) in [5.74, 6) is -1.26. The highest BCUT2D eigenvalue weighted by Gasteiger charge is 2.52. The summed E-state index contributed by atoms with van der Waals surface area (Å²) in [7, 11) is 0.514. The van der Waals surface area contributed by atoms with Crippen LogP contribution in [0.5, 0.6) is 0 Å². The molecule has 12 heteroatoms. The quantitative estimate of drug-likeness (QED) is 0.181. The Morgan fingerprint density at radius 2 is 1.68 bits per heavy atom. The molecule has 3 aromatic rings. The fraction of sp³-hybridized carbons (Fsp3) is 0.447. The zero-order valence-electron chi connectivity index (χ0n) is 31.0. The molecule has 2 heterocycles. The van der Waals surface area contributed by atoms with Crippen LogP contribution in [0.25, 0.3) is 0 Å². The van der Waals surface area contributed by atoms with Crippen LogP contribution in [0.3, 0.4) is 0 Å². The first-order chi connectivity index (χ1) is 24.0. The highest BCUT2D eigenvalue weighted by Crippen LogP contribution is 2.46. The third kappa shape index (κ3) is 7.47. The molecule has 1 amide bonds. The molecule has 0 spiro atoms. The van der Waals surface area contributed by atoms with E-state index in [9.17, 15) is 16.1 Å². The third-order valence-corrected chi connectivity index (χ3v) is 14.3. The second kappa shape index (κ2) is 14.8. The lowest BCUT2D eigenvalue weighted by Crippen LogP contribution is -2.49. The van der Waals surface area contributed by atoms with Crippen LogP contribution in [0.4, 0.5) is 5.82 Å². The van der Waals surface area contributed by atoms with Crippen LogP contribution < -0.4 is 11.0 Å². The molecule has 1 aliphatic carbocycles. The molecule has 1 saturated heterocycles. The molecule has 2 aliphatic rings. The average molecular weight is 705 g/mol. The van der Waals surface area contributed by atoms with Crippen LogP contribution in [0.2, 0.25) is 18.1 Å². The van der Waals surface area contributed by atoms with Gasteiger partial charge >= 0.3 is 5.69 Å². The van der Waals surface area contributed by atoms with E-state index >= 15 is 0 Å². The molecule has 5 rings (SSSR count). The van der Waals surface area contributed by atoms with Crippen LogP contribution in [0, 0.1) is 0 Å². The van der Waals surface area contributed by atoms with Gasteiger partial charge in [0.05, 0.1) is 7.98 Å². The molecule has 1 fully saturated rings. The standard InChI is InChI=1S/C38H49N3O8Si/c1-26(42)39-31-21-24-41(35(44)40-31)34-33(49-50(7,8)36(2,3)4)32(43)30(48-34)25-47-38(27-15-11-9-12-16-27,28-17-13-10-14-18-28)29-19-22-37(45-5,46-6)23-20-29/h9-22,24,30,32-34,43H,23,25H2,1-8H3,(H,39,40,42,44)/t30-,32-,33-,34-/m1/s1/i32D. The van der Waals surface area contributed by atoms with Gasteiger partial charge in [0.2, 0.25) is 5.91 Å². The normalized spacial score (nSPS) is 24.1. The van der Waals surface area contributed by atoms with Gasteiger partial charge in [0, 0.05) is 33.8 Å². The van der Waals surface area contributed by atoms with Crippen LogP contribution >= 0.6 is 0 Å². The van der Waals surface area contributed by atoms with Crippen LogP contribution in [-0.4, -0.2) is 73.8 Å². The van der Waals surface area contributed by atoms with Crippen molar-refractivity contribution in [1.82, 2.24) is 9.55 Å². The minimum absolute atomic E-state index is 0.0694. The maximum absolute atomic E-state index is 13.4. The lowest BCUT2D eigenvalue weighted by molar-refractivity contribution is -0.168. The SMILES string of the molecule is [2H][C@@]1(O)[C@@H](COC(C2=CCC(OC)(OC)C=C2)(c2ccccc2)c2ccccc2)O[C@@H](n2ccc(NC(C)=O)nc2=O)[C@@H]1O[Si](C)(C)C(C)(C)C. The molecule has 4 atom stereocenters. The van der Waals surface area contributed by atoms with E-state index in [1.54, 1.807) is 14.2 Å². The Balaban J connectivity index is 1.60. The number of methoxy groups -OCH3 is 2. The van der Waals surface area contributed by atoms with E-state index in [4.69, 9.17) is 23.4 Å². The van der Waals surface area contributed by atoms with E-state index in [2.05, 4.69) is 10.3 Å². The van der Waals surface area contributed by atoms with E-state index in [0.717, 1.165) is 16.7 Å². The van der Waals surface area contributed by atoms with Crippen molar-refractivity contribution < 1.29 is 34.6 Å². The summed E-state index contributed by atoms with van der Waals surface area (Å²) >= 11 is 0. The predicted molar refractivity (Wildman–Crippen MR) is 193 cm³/mol. The average Bonchev–Trinajstić information content (AvgIpc) is 3.33. The molecule has 1 aliphatic heterocycles. The summed E-state index contributed by atoms with van der Waals surface area (Å²) < 4.78 is 42.2. The Morgan fingerprint density at radius 1 is 1.08 bits per heavy atom. The lowest BCUT2D eigenvalue weighted by Gasteiger charge is -2.40. The molecular formula is C38H49N3O8Si. The first-order valence-electron chi connectivity index (χ1n) is 17.2. The molecule has 2 N–H and O–H groups in total. The van der Waals surface area contributed by atoms with Gasteiger partial charge in [-0.3, -0.25) is 9.36 Å². The van der Waals surface area contributed by atoms with Crippen molar-refractivity contribution in [3.8, 4) is 0 Å². The van der Waals surface area contributed by atoms with E-state index in [0.29, 0.717) is 6.42 Å². The smallest absolute Gasteiger partial charge is 0.351 e. The van der Waals surface area contributed by atoms with Crippen LogP contribution in [0.15, 0.2) is 102 Å². The van der Waals surface area contributed by atoms with Gasteiger partial charge in [-0.05, 0) is 47.0 Å². The molecule has 11 nitrogen and oxygen atoms in total. The van der Waals surface area contributed by atoms with Gasteiger partial charge in [0.25, 0.3) is 0 Å². The van der Waals surface area contributed by atoms with E-state index in [1.165, 1.54) is 23.8 Å². The Hall–Kier alpha value is -3.75. The highest BCUT2D eigenvalue weighted by molar-refractivity contribution is 6.74. The number of rotatable bonds is 12. The van der Waals surface area contributed by atoms with Crippen molar-refractivity contribution in [2.24, 2.45) is 0 Å². The third-order valence-electron chi connectivity index (χ3n) is 9.85. The van der Waals surface area contributed by atoms with Crippen molar-refractivity contribution in [3.05, 3.63) is 118 Å². The van der Waals surface area contributed by atoms with E-state index in [1.807, 2.05) is 113 Å². The summed E-state index contributed by atoms with van der Waals surface area (Å²) in [6.07, 6.45) is 1.40. The van der Waals surface area contributed by atoms with Crippen molar-refractivity contribution in [3.63, 3.8) is 0 Å². The van der Waals surface area contributed by atoms with Gasteiger partial charge in [-0.25, -0.2) is 4.79 Å². The van der Waals surface area contributed by atoms with Crippen molar-refractivity contribution >= 4 is 20.0 Å². The second-order valence-corrected chi connectivity index (χ2v) is 18.8. The monoisotopic (exact) mass is 704 g/mol. The number of anilines is 1. The van der Waals surface area contributed by atoms with Gasteiger partial charge in [-0.1, -0.05) is 93.6 Å². The van der Waals surface area contributed by atoms with E-state index < -0.39 is 49.9 Å². The maximum atomic E-state index is 13.4. The Kier molecular flexibility index (Phi) is 10.7. The zero-order valence-corrected chi connectivity index (χ0v) is 31.0. The van der Waals surface area contributed by atoms with Gasteiger partial charge in [-0.2, -0.15) is 4.98 Å². The summed E-state index contributed by atoms with van der Waals surface area (Å²) in [6.45, 7) is 11.2. The molecule has 0 unspecified atom stereocenters. The number of amides is 1. The summed E-state index contributed by atoms with van der Waals surface area (Å²) in [4.78, 5) is 29.0. The van der Waals surface area contributed by atoms with Crippen molar-refractivity contribution in [1.29, 1.82) is 0 Å². The number of ether oxygens (including phenoxy) is 4. The van der Waals surface area contributed by atoms with Gasteiger partial charge < -0.3 is 33.8 Å².